The number of aromatic nitrogens is 2. The molecule has 9 heteroatoms. The van der Waals surface area contributed by atoms with Crippen LogP contribution in [0.25, 0.3) is 11.3 Å². The number of amides is 1. The number of hydrogen-bond acceptors (Lipinski definition) is 6. The molecule has 0 atom stereocenters. The van der Waals surface area contributed by atoms with Crippen molar-refractivity contribution >= 4 is 29.1 Å². The van der Waals surface area contributed by atoms with Crippen molar-refractivity contribution in [1.82, 2.24) is 15.5 Å². The molecule has 2 aromatic carbocycles. The number of carbonyl (C=O) groups excluding carboxylic acids is 1. The molecule has 0 aliphatic heterocycles. The van der Waals surface area contributed by atoms with Crippen LogP contribution in [0.1, 0.15) is 0 Å². The summed E-state index contributed by atoms with van der Waals surface area (Å²) in [6.45, 7) is 0.361. The van der Waals surface area contributed by atoms with E-state index in [9.17, 15) is 4.79 Å². The lowest BCUT2D eigenvalue weighted by Gasteiger charge is -2.09. The molecule has 1 N–H and O–H groups in total. The molecule has 3 rings (SSSR count). The van der Waals surface area contributed by atoms with Gasteiger partial charge in [-0.2, -0.15) is 0 Å². The number of rotatable bonds is 9. The third-order valence-electron chi connectivity index (χ3n) is 3.95. The Labute approximate surface area is 183 Å². The number of ether oxygens (including phenoxy) is 3. The highest BCUT2D eigenvalue weighted by Gasteiger charge is 2.07. The van der Waals surface area contributed by atoms with Gasteiger partial charge in [0.1, 0.15) is 18.1 Å². The van der Waals surface area contributed by atoms with E-state index in [1.54, 1.807) is 31.4 Å². The van der Waals surface area contributed by atoms with Gasteiger partial charge in [0.05, 0.1) is 24.4 Å². The number of carbonyl (C=O) groups is 1. The first-order chi connectivity index (χ1) is 14.5. The third-order valence-corrected chi connectivity index (χ3v) is 4.48. The van der Waals surface area contributed by atoms with Gasteiger partial charge in [0.25, 0.3) is 5.91 Å². The highest BCUT2D eigenvalue weighted by Crippen LogP contribution is 2.27. The van der Waals surface area contributed by atoms with E-state index >= 15 is 0 Å². The van der Waals surface area contributed by atoms with Crippen molar-refractivity contribution in [2.45, 2.75) is 0 Å². The van der Waals surface area contributed by atoms with E-state index in [-0.39, 0.29) is 19.1 Å². The normalized spacial score (nSPS) is 10.4. The van der Waals surface area contributed by atoms with Crippen molar-refractivity contribution in [2.24, 2.45) is 0 Å². The van der Waals surface area contributed by atoms with E-state index in [4.69, 9.17) is 37.4 Å². The second-order valence-corrected chi connectivity index (χ2v) is 6.89. The summed E-state index contributed by atoms with van der Waals surface area (Å²) in [5.41, 5.74) is 1.64. The molecule has 1 amide bonds. The first-order valence-electron chi connectivity index (χ1n) is 9.00. The predicted molar refractivity (Wildman–Crippen MR) is 114 cm³/mol. The maximum atomic E-state index is 11.9. The van der Waals surface area contributed by atoms with Crippen LogP contribution in [0.4, 0.5) is 0 Å². The number of nitrogens with zero attached hydrogens (tertiary/aromatic N) is 2. The topological polar surface area (TPSA) is 82.6 Å². The number of halogens is 2. The highest BCUT2D eigenvalue weighted by molar-refractivity contribution is 6.35. The molecule has 0 aliphatic carbocycles. The quantitative estimate of drug-likeness (QED) is 0.498. The van der Waals surface area contributed by atoms with Gasteiger partial charge in [-0.15, -0.1) is 10.2 Å². The number of nitrogens with one attached hydrogen (secondary N) is 1. The lowest BCUT2D eigenvalue weighted by Crippen LogP contribution is -2.32. The summed E-state index contributed by atoms with van der Waals surface area (Å²) in [7, 11) is 1.62. The van der Waals surface area contributed by atoms with E-state index in [1.165, 1.54) is 0 Å². The molecule has 7 nitrogen and oxygen atoms in total. The monoisotopic (exact) mass is 447 g/mol. The molecular formula is C21H19Cl2N3O4. The van der Waals surface area contributed by atoms with Gasteiger partial charge in [0.15, 0.2) is 6.61 Å². The maximum absolute atomic E-state index is 11.9. The minimum Gasteiger partial charge on any atom is -0.497 e. The van der Waals surface area contributed by atoms with Crippen LogP contribution in [-0.2, 0) is 4.79 Å². The van der Waals surface area contributed by atoms with Gasteiger partial charge in [0.2, 0.25) is 5.88 Å². The molecule has 0 radical (unpaired) electrons. The fourth-order valence-corrected chi connectivity index (χ4v) is 2.91. The second-order valence-electron chi connectivity index (χ2n) is 6.05. The van der Waals surface area contributed by atoms with E-state index in [0.29, 0.717) is 28.2 Å². The molecular weight excluding hydrogens is 429 g/mol. The Morgan fingerprint density at radius 1 is 1.00 bits per heavy atom. The van der Waals surface area contributed by atoms with Crippen LogP contribution >= 0.6 is 23.2 Å². The highest BCUT2D eigenvalue weighted by atomic mass is 35.5. The smallest absolute Gasteiger partial charge is 0.258 e. The standard InChI is InChI=1S/C21H19Cl2N3O4/c1-28-16-5-2-14(3-6-16)18-7-9-21(26-25-18)29-11-10-24-20(27)13-30-19-8-4-15(22)12-17(19)23/h2-9,12H,10-11,13H2,1H3,(H,24,27). The number of methoxy groups -OCH3 is 1. The van der Waals surface area contributed by atoms with E-state index in [1.807, 2.05) is 30.3 Å². The van der Waals surface area contributed by atoms with Crippen LogP contribution in [-0.4, -0.2) is 43.0 Å². The Balaban J connectivity index is 1.39. The predicted octanol–water partition coefficient (Wildman–Crippen LogP) is 4.03. The largest absolute Gasteiger partial charge is 0.497 e. The van der Waals surface area contributed by atoms with Crippen molar-refractivity contribution < 1.29 is 19.0 Å². The van der Waals surface area contributed by atoms with E-state index < -0.39 is 0 Å². The van der Waals surface area contributed by atoms with Gasteiger partial charge in [-0.3, -0.25) is 4.79 Å². The zero-order valence-corrected chi connectivity index (χ0v) is 17.6. The van der Waals surface area contributed by atoms with Crippen LogP contribution in [0.3, 0.4) is 0 Å². The molecule has 1 aromatic heterocycles. The molecule has 30 heavy (non-hydrogen) atoms. The Hall–Kier alpha value is -3.03. The van der Waals surface area contributed by atoms with Gasteiger partial charge in [0, 0.05) is 16.7 Å². The molecule has 0 saturated heterocycles. The SMILES string of the molecule is COc1ccc(-c2ccc(OCCNC(=O)COc3ccc(Cl)cc3Cl)nn2)cc1. The van der Waals surface area contributed by atoms with Crippen LogP contribution < -0.4 is 19.5 Å². The van der Waals surface area contributed by atoms with Crippen LogP contribution in [0.5, 0.6) is 17.4 Å². The van der Waals surface area contributed by atoms with Gasteiger partial charge in [-0.25, -0.2) is 0 Å². The van der Waals surface area contributed by atoms with Gasteiger partial charge < -0.3 is 19.5 Å². The summed E-state index contributed by atoms with van der Waals surface area (Å²) < 4.78 is 16.0. The van der Waals surface area contributed by atoms with Crippen molar-refractivity contribution in [3.63, 3.8) is 0 Å². The Morgan fingerprint density at radius 3 is 2.47 bits per heavy atom. The molecule has 3 aromatic rings. The minimum atomic E-state index is -0.300. The second kappa shape index (κ2) is 10.7. The zero-order valence-electron chi connectivity index (χ0n) is 16.1. The average molecular weight is 448 g/mol. The molecule has 0 spiro atoms. The molecule has 1 heterocycles. The average Bonchev–Trinajstić information content (AvgIpc) is 2.76. The van der Waals surface area contributed by atoms with Gasteiger partial charge >= 0.3 is 0 Å². The van der Waals surface area contributed by atoms with Gasteiger partial charge in [-0.1, -0.05) is 23.2 Å². The first-order valence-corrected chi connectivity index (χ1v) is 9.76. The summed E-state index contributed by atoms with van der Waals surface area (Å²) in [4.78, 5) is 11.9. The first kappa shape index (κ1) is 21.7. The van der Waals surface area contributed by atoms with Gasteiger partial charge in [-0.05, 0) is 48.5 Å². The van der Waals surface area contributed by atoms with Crippen molar-refractivity contribution in [3.05, 3.63) is 64.6 Å². The summed E-state index contributed by atoms with van der Waals surface area (Å²) in [5.74, 6) is 1.23. The minimum absolute atomic E-state index is 0.169. The van der Waals surface area contributed by atoms with Crippen molar-refractivity contribution in [1.29, 1.82) is 0 Å². The number of hydrogen-bond donors (Lipinski definition) is 1. The molecule has 0 unspecified atom stereocenters. The summed E-state index contributed by atoms with van der Waals surface area (Å²) in [6, 6.07) is 15.8. The molecule has 0 bridgehead atoms. The van der Waals surface area contributed by atoms with E-state index in [0.717, 1.165) is 17.0 Å². The Kier molecular flexibility index (Phi) is 7.70. The summed E-state index contributed by atoms with van der Waals surface area (Å²) >= 11 is 11.8. The lowest BCUT2D eigenvalue weighted by atomic mass is 10.1. The zero-order chi connectivity index (χ0) is 21.3. The third kappa shape index (κ3) is 6.23. The van der Waals surface area contributed by atoms with Crippen LogP contribution in [0.15, 0.2) is 54.6 Å². The number of benzene rings is 2. The molecule has 0 saturated carbocycles. The van der Waals surface area contributed by atoms with Crippen LogP contribution in [0, 0.1) is 0 Å². The Morgan fingerprint density at radius 2 is 1.80 bits per heavy atom. The Bertz CT molecular complexity index is 983. The summed E-state index contributed by atoms with van der Waals surface area (Å²) in [5, 5.41) is 11.7. The molecule has 0 aliphatic rings. The fraction of sp³-hybridized carbons (Fsp3) is 0.190. The van der Waals surface area contributed by atoms with Crippen LogP contribution in [0.2, 0.25) is 10.0 Å². The fourth-order valence-electron chi connectivity index (χ4n) is 2.45. The van der Waals surface area contributed by atoms with Crippen molar-refractivity contribution in [2.75, 3.05) is 26.9 Å². The van der Waals surface area contributed by atoms with E-state index in [2.05, 4.69) is 15.5 Å². The molecule has 0 fully saturated rings. The van der Waals surface area contributed by atoms with Crippen molar-refractivity contribution in [3.8, 4) is 28.6 Å². The maximum Gasteiger partial charge on any atom is 0.258 e. The summed E-state index contributed by atoms with van der Waals surface area (Å²) in [6.07, 6.45) is 0. The lowest BCUT2D eigenvalue weighted by molar-refractivity contribution is -0.123. The molecule has 156 valence electrons.